The zero-order valence-electron chi connectivity index (χ0n) is 13.5. The average molecular weight is 281 g/mol. The second kappa shape index (κ2) is 6.88. The summed E-state index contributed by atoms with van der Waals surface area (Å²) in [4.78, 5) is 14.4. The highest BCUT2D eigenvalue weighted by Crippen LogP contribution is 2.23. The van der Waals surface area contributed by atoms with Gasteiger partial charge in [-0.3, -0.25) is 4.79 Å². The molecular weight excluding hydrogens is 254 g/mol. The number of hydrogen-bond donors (Lipinski definition) is 1. The van der Waals surface area contributed by atoms with Crippen LogP contribution in [-0.4, -0.2) is 41.6 Å². The van der Waals surface area contributed by atoms with Crippen molar-refractivity contribution in [3.8, 4) is 0 Å². The minimum atomic E-state index is -0.176. The molecule has 2 atom stereocenters. The molecule has 0 aromatic carbocycles. The van der Waals surface area contributed by atoms with Gasteiger partial charge in [-0.05, 0) is 34.4 Å². The van der Waals surface area contributed by atoms with E-state index in [4.69, 9.17) is 4.52 Å². The minimum absolute atomic E-state index is 0.0201. The van der Waals surface area contributed by atoms with Crippen molar-refractivity contribution in [2.75, 3.05) is 14.1 Å². The molecule has 0 aliphatic heterocycles. The van der Waals surface area contributed by atoms with Gasteiger partial charge in [-0.25, -0.2) is 0 Å². The molecule has 1 aromatic rings. The Balaban J connectivity index is 2.77. The summed E-state index contributed by atoms with van der Waals surface area (Å²) in [6, 6.07) is 1.72. The Labute approximate surface area is 121 Å². The molecule has 0 saturated heterocycles. The van der Waals surface area contributed by atoms with Crippen LogP contribution < -0.4 is 5.32 Å². The monoisotopic (exact) mass is 281 g/mol. The summed E-state index contributed by atoms with van der Waals surface area (Å²) in [5.74, 6) is 0.553. The fourth-order valence-electron chi connectivity index (χ4n) is 2.35. The molecule has 1 aromatic heterocycles. The molecule has 1 heterocycles. The molecule has 114 valence electrons. The lowest BCUT2D eigenvalue weighted by atomic mass is 9.87. The molecule has 0 radical (unpaired) electrons. The van der Waals surface area contributed by atoms with Crippen molar-refractivity contribution < 1.29 is 9.32 Å². The Morgan fingerprint density at radius 2 is 2.15 bits per heavy atom. The van der Waals surface area contributed by atoms with E-state index in [1.165, 1.54) is 0 Å². The molecule has 0 aliphatic carbocycles. The minimum Gasteiger partial charge on any atom is -0.361 e. The fraction of sp³-hybridized carbons (Fsp3) is 0.733. The van der Waals surface area contributed by atoms with E-state index in [1.54, 1.807) is 6.07 Å². The van der Waals surface area contributed by atoms with Crippen LogP contribution in [0.15, 0.2) is 10.6 Å². The average Bonchev–Trinajstić information content (AvgIpc) is 2.87. The fourth-order valence-corrected chi connectivity index (χ4v) is 2.35. The van der Waals surface area contributed by atoms with E-state index in [9.17, 15) is 4.79 Å². The van der Waals surface area contributed by atoms with E-state index in [-0.39, 0.29) is 17.5 Å². The first-order valence-electron chi connectivity index (χ1n) is 7.29. The summed E-state index contributed by atoms with van der Waals surface area (Å²) in [7, 11) is 4.09. The van der Waals surface area contributed by atoms with Crippen LogP contribution in [-0.2, 0) is 6.42 Å². The highest BCUT2D eigenvalue weighted by molar-refractivity contribution is 5.92. The van der Waals surface area contributed by atoms with Crippen LogP contribution in [0.1, 0.15) is 56.8 Å². The third-order valence-electron chi connectivity index (χ3n) is 4.20. The summed E-state index contributed by atoms with van der Waals surface area (Å²) in [6.45, 7) is 8.33. The summed E-state index contributed by atoms with van der Waals surface area (Å²) < 4.78 is 5.08. The van der Waals surface area contributed by atoms with Crippen molar-refractivity contribution in [1.82, 2.24) is 15.4 Å². The predicted octanol–water partition coefficient (Wildman–Crippen LogP) is 2.48. The Morgan fingerprint density at radius 3 is 2.60 bits per heavy atom. The van der Waals surface area contributed by atoms with Gasteiger partial charge in [0, 0.05) is 24.1 Å². The van der Waals surface area contributed by atoms with Crippen molar-refractivity contribution >= 4 is 5.91 Å². The summed E-state index contributed by atoms with van der Waals surface area (Å²) in [5, 5.41) is 6.85. The molecule has 5 heteroatoms. The van der Waals surface area contributed by atoms with E-state index < -0.39 is 0 Å². The summed E-state index contributed by atoms with van der Waals surface area (Å²) >= 11 is 0. The van der Waals surface area contributed by atoms with Gasteiger partial charge in [0.1, 0.15) is 5.76 Å². The molecular formula is C15H27N3O2. The van der Waals surface area contributed by atoms with Gasteiger partial charge < -0.3 is 14.7 Å². The maximum Gasteiger partial charge on any atom is 0.273 e. The molecule has 1 amide bonds. The number of aryl methyl sites for hydroxylation is 1. The number of aromatic nitrogens is 1. The molecule has 0 fully saturated rings. The highest BCUT2D eigenvalue weighted by atomic mass is 16.5. The number of amides is 1. The van der Waals surface area contributed by atoms with E-state index in [2.05, 4.69) is 29.2 Å². The van der Waals surface area contributed by atoms with E-state index >= 15 is 0 Å². The zero-order valence-corrected chi connectivity index (χ0v) is 13.5. The van der Waals surface area contributed by atoms with Crippen LogP contribution in [0.2, 0.25) is 0 Å². The standard InChI is InChI=1S/C15H27N3O2/c1-7-9-15(4,18(5)6)11(3)16-14(19)13-10-12(8-2)20-17-13/h10-11H,7-9H2,1-6H3,(H,16,19). The van der Waals surface area contributed by atoms with Crippen LogP contribution in [0, 0.1) is 0 Å². The summed E-state index contributed by atoms with van der Waals surface area (Å²) in [5.41, 5.74) is 0.271. The molecule has 1 N–H and O–H groups in total. The van der Waals surface area contributed by atoms with Gasteiger partial charge in [0.25, 0.3) is 5.91 Å². The SMILES string of the molecule is CCCC(C)(C(C)NC(=O)c1cc(CC)on1)N(C)C. The molecule has 1 rings (SSSR count). The molecule has 5 nitrogen and oxygen atoms in total. The summed E-state index contributed by atoms with van der Waals surface area (Å²) in [6.07, 6.45) is 2.82. The van der Waals surface area contributed by atoms with Crippen LogP contribution >= 0.6 is 0 Å². The first-order valence-corrected chi connectivity index (χ1v) is 7.29. The van der Waals surface area contributed by atoms with Gasteiger partial charge in [0.2, 0.25) is 0 Å². The third-order valence-corrected chi connectivity index (χ3v) is 4.20. The lowest BCUT2D eigenvalue weighted by molar-refractivity contribution is 0.0796. The molecule has 20 heavy (non-hydrogen) atoms. The molecule has 0 saturated carbocycles. The Bertz CT molecular complexity index is 442. The van der Waals surface area contributed by atoms with Gasteiger partial charge >= 0.3 is 0 Å². The first-order chi connectivity index (χ1) is 9.35. The van der Waals surface area contributed by atoms with Crippen LogP contribution in [0.25, 0.3) is 0 Å². The molecule has 0 bridgehead atoms. The van der Waals surface area contributed by atoms with Gasteiger partial charge in [0.05, 0.1) is 0 Å². The maximum atomic E-state index is 12.2. The van der Waals surface area contributed by atoms with Crippen molar-refractivity contribution in [2.45, 2.75) is 58.5 Å². The largest absolute Gasteiger partial charge is 0.361 e. The third kappa shape index (κ3) is 3.60. The number of carbonyl (C=O) groups is 1. The number of rotatable bonds is 7. The lowest BCUT2D eigenvalue weighted by Gasteiger charge is -2.41. The number of nitrogens with one attached hydrogen (secondary N) is 1. The smallest absolute Gasteiger partial charge is 0.273 e. The van der Waals surface area contributed by atoms with Crippen LogP contribution in [0.5, 0.6) is 0 Å². The number of nitrogens with zero attached hydrogens (tertiary/aromatic N) is 2. The van der Waals surface area contributed by atoms with Crippen LogP contribution in [0.4, 0.5) is 0 Å². The van der Waals surface area contributed by atoms with Crippen molar-refractivity contribution in [2.24, 2.45) is 0 Å². The first kappa shape index (κ1) is 16.7. The number of likely N-dealkylation sites (N-methyl/N-ethyl adjacent to an activating group) is 1. The van der Waals surface area contributed by atoms with E-state index in [0.29, 0.717) is 5.69 Å². The van der Waals surface area contributed by atoms with Crippen molar-refractivity contribution in [1.29, 1.82) is 0 Å². The van der Waals surface area contributed by atoms with E-state index in [0.717, 1.165) is 25.0 Å². The second-order valence-electron chi connectivity index (χ2n) is 5.73. The normalized spacial score (nSPS) is 15.9. The van der Waals surface area contributed by atoms with Gasteiger partial charge in [-0.15, -0.1) is 0 Å². The number of hydrogen-bond acceptors (Lipinski definition) is 4. The Morgan fingerprint density at radius 1 is 1.50 bits per heavy atom. The Kier molecular flexibility index (Phi) is 5.74. The number of carbonyl (C=O) groups excluding carboxylic acids is 1. The highest BCUT2D eigenvalue weighted by Gasteiger charge is 2.34. The predicted molar refractivity (Wildman–Crippen MR) is 79.8 cm³/mol. The molecule has 0 aliphatic rings. The van der Waals surface area contributed by atoms with Crippen molar-refractivity contribution in [3.63, 3.8) is 0 Å². The maximum absolute atomic E-state index is 12.2. The quantitative estimate of drug-likeness (QED) is 0.834. The Hall–Kier alpha value is -1.36. The van der Waals surface area contributed by atoms with Gasteiger partial charge in [-0.2, -0.15) is 0 Å². The van der Waals surface area contributed by atoms with E-state index in [1.807, 2.05) is 27.9 Å². The van der Waals surface area contributed by atoms with Gasteiger partial charge in [-0.1, -0.05) is 25.4 Å². The topological polar surface area (TPSA) is 58.4 Å². The van der Waals surface area contributed by atoms with Crippen LogP contribution in [0.3, 0.4) is 0 Å². The molecule has 0 spiro atoms. The zero-order chi connectivity index (χ0) is 15.3. The lowest BCUT2D eigenvalue weighted by Crippen LogP contribution is -2.57. The second-order valence-corrected chi connectivity index (χ2v) is 5.73. The van der Waals surface area contributed by atoms with Gasteiger partial charge in [0.15, 0.2) is 5.69 Å². The molecule has 2 unspecified atom stereocenters. The van der Waals surface area contributed by atoms with Crippen molar-refractivity contribution in [3.05, 3.63) is 17.5 Å².